The van der Waals surface area contributed by atoms with Gasteiger partial charge in [-0.15, -0.1) is 12.4 Å². The van der Waals surface area contributed by atoms with Gasteiger partial charge in [0.15, 0.2) is 0 Å². The number of carbonyl (C=O) groups excluding carboxylic acids is 2. The molecule has 0 spiro atoms. The number of carbonyl (C=O) groups is 2. The molecule has 0 aromatic heterocycles. The van der Waals surface area contributed by atoms with Crippen LogP contribution in [0.5, 0.6) is 0 Å². The highest BCUT2D eigenvalue weighted by Gasteiger charge is 2.25. The van der Waals surface area contributed by atoms with Gasteiger partial charge < -0.3 is 16.8 Å². The Labute approximate surface area is 108 Å². The first-order valence-electron chi connectivity index (χ1n) is 5.91. The van der Waals surface area contributed by atoms with Gasteiger partial charge in [-0.1, -0.05) is 19.3 Å². The molecule has 0 aromatic rings. The molecule has 0 aliphatic heterocycles. The number of primary amides is 1. The minimum Gasteiger partial charge on any atom is -0.370 e. The molecular formula is C11H22ClN3O2. The summed E-state index contributed by atoms with van der Waals surface area (Å²) in [5.41, 5.74) is 10.4. The first-order chi connectivity index (χ1) is 7.63. The van der Waals surface area contributed by atoms with Crippen LogP contribution < -0.4 is 16.8 Å². The van der Waals surface area contributed by atoms with E-state index in [4.69, 9.17) is 11.5 Å². The van der Waals surface area contributed by atoms with Gasteiger partial charge in [0.25, 0.3) is 0 Å². The first kappa shape index (κ1) is 16.2. The molecular weight excluding hydrogens is 242 g/mol. The van der Waals surface area contributed by atoms with Crippen LogP contribution in [0.1, 0.15) is 38.5 Å². The molecule has 0 aromatic carbocycles. The lowest BCUT2D eigenvalue weighted by Gasteiger charge is -2.30. The van der Waals surface area contributed by atoms with Gasteiger partial charge in [-0.3, -0.25) is 9.59 Å². The van der Waals surface area contributed by atoms with E-state index in [1.54, 1.807) is 0 Å². The third-order valence-corrected chi connectivity index (χ3v) is 3.17. The number of hydrogen-bond acceptors (Lipinski definition) is 3. The number of nitrogens with two attached hydrogens (primary N) is 2. The van der Waals surface area contributed by atoms with Gasteiger partial charge in [-0.05, 0) is 18.8 Å². The van der Waals surface area contributed by atoms with E-state index in [2.05, 4.69) is 5.32 Å². The summed E-state index contributed by atoms with van der Waals surface area (Å²) in [6, 6.07) is -0.131. The Morgan fingerprint density at radius 3 is 2.29 bits per heavy atom. The Bertz CT molecular complexity index is 255. The molecule has 17 heavy (non-hydrogen) atoms. The van der Waals surface area contributed by atoms with Crippen molar-refractivity contribution in [3.8, 4) is 0 Å². The number of rotatable bonds is 5. The van der Waals surface area contributed by atoms with Crippen LogP contribution in [0.3, 0.4) is 0 Å². The second-order valence-electron chi connectivity index (χ2n) is 4.45. The maximum absolute atomic E-state index is 11.3. The predicted octanol–water partition coefficient (Wildman–Crippen LogP) is 0.307. The van der Waals surface area contributed by atoms with E-state index in [-0.39, 0.29) is 43.2 Å². The average molecular weight is 264 g/mol. The predicted molar refractivity (Wildman–Crippen MR) is 68.6 cm³/mol. The lowest BCUT2D eigenvalue weighted by atomic mass is 9.82. The lowest BCUT2D eigenvalue weighted by Crippen LogP contribution is -2.45. The van der Waals surface area contributed by atoms with Crippen LogP contribution in [0.25, 0.3) is 0 Å². The van der Waals surface area contributed by atoms with Crippen molar-refractivity contribution in [2.45, 2.75) is 44.6 Å². The molecule has 2 amide bonds. The van der Waals surface area contributed by atoms with Crippen LogP contribution in [-0.4, -0.2) is 24.4 Å². The SMILES string of the molecule is Cl.NCC(=O)NC(CC(N)=O)C1CCCCC1. The summed E-state index contributed by atoms with van der Waals surface area (Å²) in [6.07, 6.45) is 5.91. The van der Waals surface area contributed by atoms with Gasteiger partial charge in [0.1, 0.15) is 0 Å². The Morgan fingerprint density at radius 2 is 1.82 bits per heavy atom. The van der Waals surface area contributed by atoms with E-state index >= 15 is 0 Å². The van der Waals surface area contributed by atoms with Gasteiger partial charge in [0.05, 0.1) is 6.54 Å². The van der Waals surface area contributed by atoms with Crippen molar-refractivity contribution >= 4 is 24.2 Å². The van der Waals surface area contributed by atoms with Crippen molar-refractivity contribution in [2.75, 3.05) is 6.54 Å². The number of amides is 2. The number of hydrogen-bond donors (Lipinski definition) is 3. The van der Waals surface area contributed by atoms with E-state index < -0.39 is 0 Å². The molecule has 1 rings (SSSR count). The Morgan fingerprint density at radius 1 is 1.24 bits per heavy atom. The molecule has 0 radical (unpaired) electrons. The fraction of sp³-hybridized carbons (Fsp3) is 0.818. The van der Waals surface area contributed by atoms with Crippen LogP contribution in [0, 0.1) is 5.92 Å². The molecule has 1 aliphatic carbocycles. The second-order valence-corrected chi connectivity index (χ2v) is 4.45. The number of halogens is 1. The smallest absolute Gasteiger partial charge is 0.233 e. The van der Waals surface area contributed by atoms with Crippen LogP contribution in [0.4, 0.5) is 0 Å². The summed E-state index contributed by atoms with van der Waals surface area (Å²) in [5.74, 6) is -0.207. The quantitative estimate of drug-likeness (QED) is 0.666. The van der Waals surface area contributed by atoms with E-state index in [0.29, 0.717) is 5.92 Å². The zero-order valence-electron chi connectivity index (χ0n) is 9.98. The summed E-state index contributed by atoms with van der Waals surface area (Å²) in [7, 11) is 0. The summed E-state index contributed by atoms with van der Waals surface area (Å²) in [4.78, 5) is 22.2. The van der Waals surface area contributed by atoms with Crippen molar-refractivity contribution in [3.63, 3.8) is 0 Å². The van der Waals surface area contributed by atoms with Gasteiger partial charge in [0, 0.05) is 12.5 Å². The Balaban J connectivity index is 0.00000256. The third kappa shape index (κ3) is 5.89. The molecule has 1 unspecified atom stereocenters. The van der Waals surface area contributed by atoms with Crippen LogP contribution in [0.2, 0.25) is 0 Å². The highest BCUT2D eigenvalue weighted by molar-refractivity contribution is 5.85. The molecule has 5 nitrogen and oxygen atoms in total. The van der Waals surface area contributed by atoms with Crippen molar-refractivity contribution in [3.05, 3.63) is 0 Å². The summed E-state index contributed by atoms with van der Waals surface area (Å²) >= 11 is 0. The minimum atomic E-state index is -0.368. The van der Waals surface area contributed by atoms with E-state index in [1.165, 1.54) is 19.3 Å². The molecule has 1 aliphatic rings. The van der Waals surface area contributed by atoms with Gasteiger partial charge in [-0.25, -0.2) is 0 Å². The zero-order chi connectivity index (χ0) is 12.0. The van der Waals surface area contributed by atoms with Crippen molar-refractivity contribution in [1.29, 1.82) is 0 Å². The van der Waals surface area contributed by atoms with E-state index in [0.717, 1.165) is 12.8 Å². The highest BCUT2D eigenvalue weighted by Crippen LogP contribution is 2.27. The average Bonchev–Trinajstić information content (AvgIpc) is 2.28. The monoisotopic (exact) mass is 263 g/mol. The van der Waals surface area contributed by atoms with Crippen LogP contribution in [0.15, 0.2) is 0 Å². The van der Waals surface area contributed by atoms with Gasteiger partial charge in [-0.2, -0.15) is 0 Å². The molecule has 0 heterocycles. The van der Waals surface area contributed by atoms with Crippen molar-refractivity contribution < 1.29 is 9.59 Å². The molecule has 1 atom stereocenters. The summed E-state index contributed by atoms with van der Waals surface area (Å²) in [6.45, 7) is -0.0397. The zero-order valence-corrected chi connectivity index (χ0v) is 10.8. The van der Waals surface area contributed by atoms with E-state index in [1.807, 2.05) is 0 Å². The molecule has 6 heteroatoms. The van der Waals surface area contributed by atoms with E-state index in [9.17, 15) is 9.59 Å². The molecule has 1 saturated carbocycles. The van der Waals surface area contributed by atoms with Crippen molar-refractivity contribution in [2.24, 2.45) is 17.4 Å². The number of nitrogens with one attached hydrogen (secondary N) is 1. The fourth-order valence-electron chi connectivity index (χ4n) is 2.35. The minimum absolute atomic E-state index is 0. The topological polar surface area (TPSA) is 98.2 Å². The van der Waals surface area contributed by atoms with Gasteiger partial charge >= 0.3 is 0 Å². The van der Waals surface area contributed by atoms with Crippen LogP contribution in [-0.2, 0) is 9.59 Å². The maximum Gasteiger partial charge on any atom is 0.233 e. The van der Waals surface area contributed by atoms with Crippen LogP contribution >= 0.6 is 12.4 Å². The normalized spacial score (nSPS) is 17.9. The molecule has 1 fully saturated rings. The molecule has 100 valence electrons. The third-order valence-electron chi connectivity index (χ3n) is 3.17. The highest BCUT2D eigenvalue weighted by atomic mass is 35.5. The lowest BCUT2D eigenvalue weighted by molar-refractivity contribution is -0.122. The van der Waals surface area contributed by atoms with Gasteiger partial charge in [0.2, 0.25) is 11.8 Å². The maximum atomic E-state index is 11.3. The first-order valence-corrected chi connectivity index (χ1v) is 5.91. The summed E-state index contributed by atoms with van der Waals surface area (Å²) < 4.78 is 0. The standard InChI is InChI=1S/C11H21N3O2.ClH/c12-7-11(16)14-9(6-10(13)15)8-4-2-1-3-5-8;/h8-9H,1-7,12H2,(H2,13,15)(H,14,16);1H. The molecule has 0 saturated heterocycles. The largest absolute Gasteiger partial charge is 0.370 e. The fourth-order valence-corrected chi connectivity index (χ4v) is 2.35. The molecule has 5 N–H and O–H groups in total. The Hall–Kier alpha value is -0.810. The Kier molecular flexibility index (Phi) is 7.91. The summed E-state index contributed by atoms with van der Waals surface area (Å²) in [5, 5.41) is 2.80. The molecule has 0 bridgehead atoms. The van der Waals surface area contributed by atoms with Crippen molar-refractivity contribution in [1.82, 2.24) is 5.32 Å². The second kappa shape index (κ2) is 8.31.